The first-order chi connectivity index (χ1) is 10.9. The van der Waals surface area contributed by atoms with E-state index in [1.165, 1.54) is 10.8 Å². The second-order valence-corrected chi connectivity index (χ2v) is 12.8. The van der Waals surface area contributed by atoms with E-state index in [0.717, 1.165) is 0 Å². The zero-order valence-electron chi connectivity index (χ0n) is 15.3. The molecule has 7 nitrogen and oxygen atoms in total. The predicted molar refractivity (Wildman–Crippen MR) is 93.7 cm³/mol. The number of rotatable bonds is 4. The molecule has 1 aromatic heterocycles. The minimum atomic E-state index is -1.94. The van der Waals surface area contributed by atoms with Crippen molar-refractivity contribution in [2.45, 2.75) is 70.7 Å². The maximum absolute atomic E-state index is 12.0. The Hall–Kier alpha value is -1.22. The van der Waals surface area contributed by atoms with Crippen molar-refractivity contribution in [3.63, 3.8) is 0 Å². The fourth-order valence-corrected chi connectivity index (χ4v) is 3.36. The van der Waals surface area contributed by atoms with E-state index in [2.05, 4.69) is 38.8 Å². The first-order valence-electron chi connectivity index (χ1n) is 8.22. The average Bonchev–Trinajstić information content (AvgIpc) is 2.80. The number of aliphatic hydroxyl groups excluding tert-OH is 1. The van der Waals surface area contributed by atoms with Gasteiger partial charge in [-0.15, -0.1) is 0 Å². The predicted octanol–water partition coefficient (Wildman–Crippen LogP) is 1.52. The molecule has 0 amide bonds. The van der Waals surface area contributed by atoms with Gasteiger partial charge in [-0.05, 0) is 25.1 Å². The van der Waals surface area contributed by atoms with Crippen LogP contribution in [0.2, 0.25) is 18.1 Å². The van der Waals surface area contributed by atoms with E-state index in [9.17, 15) is 14.7 Å². The lowest BCUT2D eigenvalue weighted by atomic mass is 10.2. The molecule has 2 heterocycles. The number of H-pyrrole nitrogens is 1. The molecule has 0 radical (unpaired) electrons. The van der Waals surface area contributed by atoms with Gasteiger partial charge in [0.2, 0.25) is 0 Å². The summed E-state index contributed by atoms with van der Waals surface area (Å²) in [5, 5.41) is 10.3. The summed E-state index contributed by atoms with van der Waals surface area (Å²) < 4.78 is 13.3. The van der Waals surface area contributed by atoms with Gasteiger partial charge in [-0.2, -0.15) is 0 Å². The highest BCUT2D eigenvalue weighted by Crippen LogP contribution is 2.37. The van der Waals surface area contributed by atoms with E-state index in [4.69, 9.17) is 9.16 Å². The van der Waals surface area contributed by atoms with E-state index in [1.807, 2.05) is 0 Å². The molecular weight excluding hydrogens is 328 g/mol. The van der Waals surface area contributed by atoms with Gasteiger partial charge in [0.25, 0.3) is 5.56 Å². The topological polar surface area (TPSA) is 93.6 Å². The first kappa shape index (κ1) is 19.1. The van der Waals surface area contributed by atoms with E-state index in [-0.39, 0.29) is 11.5 Å². The van der Waals surface area contributed by atoms with Crippen molar-refractivity contribution in [2.75, 3.05) is 6.61 Å². The van der Waals surface area contributed by atoms with Crippen molar-refractivity contribution in [1.29, 1.82) is 0 Å². The van der Waals surface area contributed by atoms with Gasteiger partial charge in [-0.3, -0.25) is 14.3 Å². The second-order valence-electron chi connectivity index (χ2n) is 7.98. The van der Waals surface area contributed by atoms with Gasteiger partial charge in [0.05, 0.1) is 12.7 Å². The fourth-order valence-electron chi connectivity index (χ4n) is 2.34. The Kier molecular flexibility index (Phi) is 5.24. The van der Waals surface area contributed by atoms with Gasteiger partial charge in [-0.25, -0.2) is 4.79 Å². The summed E-state index contributed by atoms with van der Waals surface area (Å²) in [6.07, 6.45) is -0.0368. The number of aryl methyl sites for hydroxylation is 1. The van der Waals surface area contributed by atoms with Crippen LogP contribution in [0.1, 0.15) is 39.0 Å². The quantitative estimate of drug-likeness (QED) is 0.798. The van der Waals surface area contributed by atoms with Crippen LogP contribution in [0.15, 0.2) is 15.8 Å². The molecule has 2 rings (SSSR count). The maximum Gasteiger partial charge on any atom is 0.330 e. The molecule has 24 heavy (non-hydrogen) atoms. The van der Waals surface area contributed by atoms with Crippen molar-refractivity contribution in [2.24, 2.45) is 0 Å². The monoisotopic (exact) mass is 356 g/mol. The Morgan fingerprint density at radius 3 is 2.62 bits per heavy atom. The highest BCUT2D eigenvalue weighted by Gasteiger charge is 2.41. The molecule has 1 saturated heterocycles. The van der Waals surface area contributed by atoms with Crippen LogP contribution >= 0.6 is 0 Å². The van der Waals surface area contributed by atoms with E-state index in [1.54, 1.807) is 6.92 Å². The average molecular weight is 356 g/mol. The normalized spacial score (nSPS) is 25.2. The number of aromatic nitrogens is 2. The molecule has 0 unspecified atom stereocenters. The zero-order chi connectivity index (χ0) is 18.3. The van der Waals surface area contributed by atoms with Crippen molar-refractivity contribution >= 4 is 8.32 Å². The smallest absolute Gasteiger partial charge is 0.330 e. The Labute approximate surface area is 142 Å². The molecule has 3 atom stereocenters. The van der Waals surface area contributed by atoms with Crippen LogP contribution in [0.4, 0.5) is 0 Å². The number of ether oxygens (including phenoxy) is 1. The summed E-state index contributed by atoms with van der Waals surface area (Å²) in [7, 11) is -1.94. The van der Waals surface area contributed by atoms with Crippen molar-refractivity contribution in [3.05, 3.63) is 32.6 Å². The highest BCUT2D eigenvalue weighted by molar-refractivity contribution is 6.74. The van der Waals surface area contributed by atoms with Crippen molar-refractivity contribution in [1.82, 2.24) is 9.55 Å². The largest absolute Gasteiger partial charge is 0.414 e. The Morgan fingerprint density at radius 2 is 2.04 bits per heavy atom. The van der Waals surface area contributed by atoms with Gasteiger partial charge in [0.15, 0.2) is 8.32 Å². The molecule has 0 saturated carbocycles. The number of hydrogen-bond acceptors (Lipinski definition) is 5. The summed E-state index contributed by atoms with van der Waals surface area (Å²) in [6.45, 7) is 12.6. The molecule has 0 aromatic carbocycles. The van der Waals surface area contributed by atoms with Crippen LogP contribution in [-0.4, -0.2) is 41.8 Å². The number of nitrogens with zero attached hydrogens (tertiary/aromatic N) is 1. The number of hydrogen-bond donors (Lipinski definition) is 2. The Bertz CT molecular complexity index is 704. The van der Waals surface area contributed by atoms with E-state index < -0.39 is 38.0 Å². The third kappa shape index (κ3) is 3.88. The van der Waals surface area contributed by atoms with Crippen LogP contribution in [0.3, 0.4) is 0 Å². The molecule has 2 N–H and O–H groups in total. The number of aliphatic hydroxyl groups is 1. The number of aromatic amines is 1. The molecule has 0 bridgehead atoms. The van der Waals surface area contributed by atoms with Crippen LogP contribution in [-0.2, 0) is 9.16 Å². The van der Waals surface area contributed by atoms with Gasteiger partial charge < -0.3 is 14.3 Å². The molecule has 8 heteroatoms. The van der Waals surface area contributed by atoms with Gasteiger partial charge in [0, 0.05) is 18.2 Å². The van der Waals surface area contributed by atoms with E-state index in [0.29, 0.717) is 12.2 Å². The van der Waals surface area contributed by atoms with Gasteiger partial charge >= 0.3 is 5.69 Å². The van der Waals surface area contributed by atoms with Gasteiger partial charge in [-0.1, -0.05) is 20.8 Å². The summed E-state index contributed by atoms with van der Waals surface area (Å²) in [5.74, 6) is 0. The lowest BCUT2D eigenvalue weighted by molar-refractivity contribution is -0.0433. The fraction of sp³-hybridized carbons (Fsp3) is 0.750. The molecule has 136 valence electrons. The van der Waals surface area contributed by atoms with E-state index >= 15 is 0 Å². The maximum atomic E-state index is 12.0. The standard InChI is InChI=1S/C16H28N2O5Si/c1-10-8-18(15(21)17-14(10)20)13-7-11(19)12(23-13)9-22-24(5,6)16(2,3)4/h8,11-13,19H,7,9H2,1-6H3,(H,17,20,21)/t11-,12-,13-/m1/s1. The van der Waals surface area contributed by atoms with Crippen molar-refractivity contribution in [3.8, 4) is 0 Å². The first-order valence-corrected chi connectivity index (χ1v) is 11.1. The highest BCUT2D eigenvalue weighted by atomic mass is 28.4. The molecular formula is C16H28N2O5Si. The molecule has 0 spiro atoms. The third-order valence-corrected chi connectivity index (χ3v) is 9.58. The zero-order valence-corrected chi connectivity index (χ0v) is 16.3. The van der Waals surface area contributed by atoms with Crippen LogP contribution in [0.25, 0.3) is 0 Å². The third-order valence-electron chi connectivity index (χ3n) is 5.07. The van der Waals surface area contributed by atoms with Gasteiger partial charge in [0.1, 0.15) is 12.3 Å². The number of nitrogens with one attached hydrogen (secondary N) is 1. The molecule has 0 aliphatic carbocycles. The Balaban J connectivity index is 2.09. The van der Waals surface area contributed by atoms with Crippen molar-refractivity contribution < 1.29 is 14.3 Å². The summed E-state index contributed by atoms with van der Waals surface area (Å²) in [6, 6.07) is 0. The van der Waals surface area contributed by atoms with Crippen LogP contribution in [0.5, 0.6) is 0 Å². The molecule has 1 fully saturated rings. The molecule has 1 aromatic rings. The summed E-state index contributed by atoms with van der Waals surface area (Å²) in [5.41, 5.74) is -0.518. The molecule has 1 aliphatic heterocycles. The minimum absolute atomic E-state index is 0.0723. The lowest BCUT2D eigenvalue weighted by Crippen LogP contribution is -2.43. The second kappa shape index (κ2) is 6.59. The summed E-state index contributed by atoms with van der Waals surface area (Å²) >= 11 is 0. The Morgan fingerprint density at radius 1 is 1.42 bits per heavy atom. The van der Waals surface area contributed by atoms with Crippen LogP contribution < -0.4 is 11.2 Å². The minimum Gasteiger partial charge on any atom is -0.414 e. The SMILES string of the molecule is Cc1cn([C@H]2C[C@@H](O)[C@@H](CO[Si](C)(C)C(C)(C)C)O2)c(=O)[nH]c1=O. The summed E-state index contributed by atoms with van der Waals surface area (Å²) in [4.78, 5) is 25.7. The molecule has 1 aliphatic rings. The van der Waals surface area contributed by atoms with Crippen LogP contribution in [0, 0.1) is 6.92 Å². The lowest BCUT2D eigenvalue weighted by Gasteiger charge is -2.37.